The van der Waals surface area contributed by atoms with Gasteiger partial charge in [0, 0.05) is 11.2 Å². The molecule has 0 atom stereocenters. The van der Waals surface area contributed by atoms with Crippen molar-refractivity contribution < 1.29 is 19.1 Å². The average Bonchev–Trinajstić information content (AvgIpc) is 2.40. The second-order valence-corrected chi connectivity index (χ2v) is 4.24. The van der Waals surface area contributed by atoms with Crippen LogP contribution < -0.4 is 5.32 Å². The Bertz CT molecular complexity index is 691. The number of nitrogens with one attached hydrogen (secondary N) is 1. The second kappa shape index (κ2) is 5.66. The molecule has 2 N–H and O–H groups in total. The zero-order valence-electron chi connectivity index (χ0n) is 9.93. The predicted octanol–water partition coefficient (Wildman–Crippen LogP) is 2.82. The van der Waals surface area contributed by atoms with E-state index in [-0.39, 0.29) is 16.9 Å². The first-order chi connectivity index (χ1) is 9.47. The van der Waals surface area contributed by atoms with Crippen molar-refractivity contribution in [3.05, 3.63) is 58.6 Å². The van der Waals surface area contributed by atoms with Crippen molar-refractivity contribution in [2.24, 2.45) is 0 Å². The van der Waals surface area contributed by atoms with E-state index in [0.29, 0.717) is 5.02 Å². The molecule has 0 spiro atoms. The molecule has 5 nitrogen and oxygen atoms in total. The van der Waals surface area contributed by atoms with Gasteiger partial charge in [0.2, 0.25) is 0 Å². The molecule has 0 saturated carbocycles. The van der Waals surface area contributed by atoms with Gasteiger partial charge in [-0.25, -0.2) is 9.18 Å². The molecule has 0 aliphatic rings. The minimum Gasteiger partial charge on any atom is -0.478 e. The largest absolute Gasteiger partial charge is 0.478 e. The molecule has 2 aromatic rings. The number of hydrogen-bond acceptors (Lipinski definition) is 3. The Labute approximate surface area is 118 Å². The summed E-state index contributed by atoms with van der Waals surface area (Å²) >= 11 is 5.73. The summed E-state index contributed by atoms with van der Waals surface area (Å²) in [5.74, 6) is -2.69. The Morgan fingerprint density at radius 3 is 2.65 bits per heavy atom. The van der Waals surface area contributed by atoms with E-state index in [1.54, 1.807) is 0 Å². The van der Waals surface area contributed by atoms with E-state index in [0.717, 1.165) is 12.1 Å². The van der Waals surface area contributed by atoms with Gasteiger partial charge in [0.15, 0.2) is 0 Å². The summed E-state index contributed by atoms with van der Waals surface area (Å²) in [6.45, 7) is 0. The normalized spacial score (nSPS) is 10.1. The number of hydrogen-bond donors (Lipinski definition) is 2. The lowest BCUT2D eigenvalue weighted by molar-refractivity contribution is 0.0697. The molecule has 1 heterocycles. The summed E-state index contributed by atoms with van der Waals surface area (Å²) < 4.78 is 13.0. The lowest BCUT2D eigenvalue weighted by Gasteiger charge is -2.08. The number of nitrogens with zero attached hydrogens (tertiary/aromatic N) is 1. The highest BCUT2D eigenvalue weighted by Gasteiger charge is 2.15. The number of carboxylic acid groups (broad SMARTS) is 1. The lowest BCUT2D eigenvalue weighted by Crippen LogP contribution is -2.16. The minimum absolute atomic E-state index is 0.0225. The number of carboxylic acids is 1. The molecule has 2 rings (SSSR count). The van der Waals surface area contributed by atoms with Crippen LogP contribution in [0.4, 0.5) is 10.1 Å². The van der Waals surface area contributed by atoms with Crippen molar-refractivity contribution in [2.75, 3.05) is 5.32 Å². The van der Waals surface area contributed by atoms with Crippen LogP contribution in [-0.2, 0) is 0 Å². The van der Waals surface area contributed by atoms with Crippen molar-refractivity contribution in [3.63, 3.8) is 0 Å². The van der Waals surface area contributed by atoms with Gasteiger partial charge in [0.25, 0.3) is 5.91 Å². The number of rotatable bonds is 3. The van der Waals surface area contributed by atoms with E-state index in [2.05, 4.69) is 10.3 Å². The third-order valence-electron chi connectivity index (χ3n) is 2.41. The fourth-order valence-corrected chi connectivity index (χ4v) is 1.68. The van der Waals surface area contributed by atoms with Crippen molar-refractivity contribution in [1.29, 1.82) is 0 Å². The van der Waals surface area contributed by atoms with Crippen molar-refractivity contribution in [3.8, 4) is 0 Å². The molecule has 102 valence electrons. The fraction of sp³-hybridized carbons (Fsp3) is 0. The highest BCUT2D eigenvalue weighted by Crippen LogP contribution is 2.18. The summed E-state index contributed by atoms with van der Waals surface area (Å²) in [6, 6.07) is 5.87. The van der Waals surface area contributed by atoms with Crippen LogP contribution in [0.5, 0.6) is 0 Å². The van der Waals surface area contributed by atoms with Crippen molar-refractivity contribution in [1.82, 2.24) is 4.98 Å². The van der Waals surface area contributed by atoms with E-state index in [9.17, 15) is 14.0 Å². The molecule has 0 bridgehead atoms. The monoisotopic (exact) mass is 294 g/mol. The van der Waals surface area contributed by atoms with E-state index in [4.69, 9.17) is 16.7 Å². The zero-order chi connectivity index (χ0) is 14.7. The smallest absolute Gasteiger partial charge is 0.337 e. The van der Waals surface area contributed by atoms with Gasteiger partial charge in [0.05, 0.1) is 11.3 Å². The molecule has 0 aliphatic heterocycles. The van der Waals surface area contributed by atoms with E-state index >= 15 is 0 Å². The fourth-order valence-electron chi connectivity index (χ4n) is 1.52. The van der Waals surface area contributed by atoms with Gasteiger partial charge >= 0.3 is 5.97 Å². The highest BCUT2D eigenvalue weighted by molar-refractivity contribution is 6.31. The average molecular weight is 295 g/mol. The molecular weight excluding hydrogens is 287 g/mol. The van der Waals surface area contributed by atoms with Gasteiger partial charge in [0.1, 0.15) is 11.5 Å². The number of halogens is 2. The number of carbonyl (C=O) groups is 2. The van der Waals surface area contributed by atoms with Crippen LogP contribution in [0.2, 0.25) is 5.02 Å². The standard InChI is InChI=1S/C13H8ClFN2O3/c14-7-3-4-16-11(5-7)12(18)17-10-2-1-8(15)6-9(10)13(19)20/h1-6H,(H,17,18)(H,19,20). The number of carbonyl (C=O) groups excluding carboxylic acids is 1. The summed E-state index contributed by atoms with van der Waals surface area (Å²) in [6.07, 6.45) is 1.35. The molecule has 1 aromatic heterocycles. The summed E-state index contributed by atoms with van der Waals surface area (Å²) in [4.78, 5) is 26.7. The zero-order valence-corrected chi connectivity index (χ0v) is 10.7. The minimum atomic E-state index is -1.35. The van der Waals surface area contributed by atoms with E-state index in [1.165, 1.54) is 24.4 Å². The molecule has 1 amide bonds. The maximum Gasteiger partial charge on any atom is 0.337 e. The number of pyridine rings is 1. The first kappa shape index (κ1) is 14.0. The van der Waals surface area contributed by atoms with Gasteiger partial charge in [-0.15, -0.1) is 0 Å². The Morgan fingerprint density at radius 1 is 1.25 bits per heavy atom. The van der Waals surface area contributed by atoms with Crippen LogP contribution in [0, 0.1) is 5.82 Å². The SMILES string of the molecule is O=C(Nc1ccc(F)cc1C(=O)O)c1cc(Cl)ccn1. The van der Waals surface area contributed by atoms with Crippen LogP contribution in [-0.4, -0.2) is 22.0 Å². The van der Waals surface area contributed by atoms with Crippen molar-refractivity contribution in [2.45, 2.75) is 0 Å². The number of anilines is 1. The van der Waals surface area contributed by atoms with Gasteiger partial charge in [-0.05, 0) is 30.3 Å². The third-order valence-corrected chi connectivity index (χ3v) is 2.65. The third kappa shape index (κ3) is 3.10. The van der Waals surface area contributed by atoms with Crippen LogP contribution in [0.3, 0.4) is 0 Å². The topological polar surface area (TPSA) is 79.3 Å². The Hall–Kier alpha value is -2.47. The summed E-state index contributed by atoms with van der Waals surface area (Å²) in [5, 5.41) is 11.6. The molecule has 20 heavy (non-hydrogen) atoms. The van der Waals surface area contributed by atoms with Crippen LogP contribution in [0.15, 0.2) is 36.5 Å². The van der Waals surface area contributed by atoms with Crippen molar-refractivity contribution >= 4 is 29.2 Å². The van der Waals surface area contributed by atoms with E-state index < -0.39 is 17.7 Å². The first-order valence-corrected chi connectivity index (χ1v) is 5.81. The van der Waals surface area contributed by atoms with Crippen LogP contribution in [0.25, 0.3) is 0 Å². The second-order valence-electron chi connectivity index (χ2n) is 3.81. The number of aromatic carboxylic acids is 1. The number of benzene rings is 1. The van der Waals surface area contributed by atoms with Gasteiger partial charge in [-0.3, -0.25) is 9.78 Å². The molecule has 0 aliphatic carbocycles. The molecule has 0 saturated heterocycles. The van der Waals surface area contributed by atoms with Gasteiger partial charge < -0.3 is 10.4 Å². The molecule has 0 unspecified atom stereocenters. The Balaban J connectivity index is 2.30. The lowest BCUT2D eigenvalue weighted by atomic mass is 10.1. The highest BCUT2D eigenvalue weighted by atomic mass is 35.5. The Kier molecular flexibility index (Phi) is 3.95. The van der Waals surface area contributed by atoms with Gasteiger partial charge in [-0.1, -0.05) is 11.6 Å². The number of aromatic nitrogens is 1. The van der Waals surface area contributed by atoms with Crippen LogP contribution >= 0.6 is 11.6 Å². The number of amides is 1. The van der Waals surface area contributed by atoms with Crippen LogP contribution in [0.1, 0.15) is 20.8 Å². The maximum atomic E-state index is 13.0. The quantitative estimate of drug-likeness (QED) is 0.912. The molecule has 0 fully saturated rings. The molecule has 0 radical (unpaired) electrons. The molecular formula is C13H8ClFN2O3. The molecule has 1 aromatic carbocycles. The summed E-state index contributed by atoms with van der Waals surface area (Å²) in [5.41, 5.74) is -0.343. The molecule has 7 heteroatoms. The summed E-state index contributed by atoms with van der Waals surface area (Å²) in [7, 11) is 0. The Morgan fingerprint density at radius 2 is 2.00 bits per heavy atom. The predicted molar refractivity (Wildman–Crippen MR) is 70.6 cm³/mol. The maximum absolute atomic E-state index is 13.0. The van der Waals surface area contributed by atoms with E-state index in [1.807, 2.05) is 0 Å². The van der Waals surface area contributed by atoms with Gasteiger partial charge in [-0.2, -0.15) is 0 Å². The first-order valence-electron chi connectivity index (χ1n) is 5.43.